The molecule has 4 nitrogen and oxygen atoms in total. The second kappa shape index (κ2) is 8.00. The van der Waals surface area contributed by atoms with Crippen LogP contribution in [-0.4, -0.2) is 35.6 Å². The van der Waals surface area contributed by atoms with Crippen LogP contribution in [0.2, 0.25) is 0 Å². The first-order valence-corrected chi connectivity index (χ1v) is 7.12. The summed E-state index contributed by atoms with van der Waals surface area (Å²) in [6, 6.07) is 2.54. The maximum Gasteiger partial charge on any atom is 0.126 e. The van der Waals surface area contributed by atoms with Crippen molar-refractivity contribution in [2.75, 3.05) is 19.6 Å². The van der Waals surface area contributed by atoms with Gasteiger partial charge in [0.25, 0.3) is 0 Å². The van der Waals surface area contributed by atoms with Crippen molar-refractivity contribution in [2.24, 2.45) is 0 Å². The molecule has 1 aliphatic rings. The van der Waals surface area contributed by atoms with Crippen LogP contribution in [0.1, 0.15) is 12.6 Å². The van der Waals surface area contributed by atoms with E-state index in [0.717, 1.165) is 42.4 Å². The van der Waals surface area contributed by atoms with Crippen LogP contribution in [0, 0.1) is 0 Å². The van der Waals surface area contributed by atoms with E-state index in [9.17, 15) is 0 Å². The van der Waals surface area contributed by atoms with E-state index in [1.54, 1.807) is 23.9 Å². The van der Waals surface area contributed by atoms with Gasteiger partial charge in [0.15, 0.2) is 0 Å². The number of hydrogen-bond donors (Lipinski definition) is 1. The summed E-state index contributed by atoms with van der Waals surface area (Å²) in [4.78, 5) is 7.15. The Morgan fingerprint density at radius 2 is 2.35 bits per heavy atom. The van der Waals surface area contributed by atoms with E-state index in [-0.39, 0.29) is 24.8 Å². The van der Waals surface area contributed by atoms with E-state index in [0.29, 0.717) is 6.04 Å². The first-order valence-electron chi connectivity index (χ1n) is 6.24. The van der Waals surface area contributed by atoms with Gasteiger partial charge in [-0.1, -0.05) is 0 Å². The minimum absolute atomic E-state index is 0. The van der Waals surface area contributed by atoms with Crippen LogP contribution in [0.25, 0.3) is 10.6 Å². The molecule has 112 valence electrons. The normalized spacial score (nSPS) is 19.1. The van der Waals surface area contributed by atoms with Crippen LogP contribution in [0.4, 0.5) is 0 Å². The lowest BCUT2D eigenvalue weighted by Gasteiger charge is -2.33. The topological polar surface area (TPSA) is 41.3 Å². The van der Waals surface area contributed by atoms with E-state index < -0.39 is 0 Å². The molecule has 0 unspecified atom stereocenters. The van der Waals surface area contributed by atoms with Crippen molar-refractivity contribution in [3.63, 3.8) is 0 Å². The highest BCUT2D eigenvalue weighted by molar-refractivity contribution is 7.13. The minimum atomic E-state index is 0. The fraction of sp³-hybridized carbons (Fsp3) is 0.462. The van der Waals surface area contributed by atoms with Crippen molar-refractivity contribution in [2.45, 2.75) is 19.5 Å². The number of rotatable bonds is 3. The third-order valence-electron chi connectivity index (χ3n) is 3.32. The number of halogens is 2. The highest BCUT2D eigenvalue weighted by Crippen LogP contribution is 2.24. The van der Waals surface area contributed by atoms with Gasteiger partial charge in [-0.3, -0.25) is 4.90 Å². The van der Waals surface area contributed by atoms with Gasteiger partial charge in [-0.15, -0.1) is 36.2 Å². The van der Waals surface area contributed by atoms with Crippen molar-refractivity contribution >= 4 is 36.2 Å². The van der Waals surface area contributed by atoms with Crippen LogP contribution in [-0.2, 0) is 6.54 Å². The highest BCUT2D eigenvalue weighted by Gasteiger charge is 2.19. The van der Waals surface area contributed by atoms with Gasteiger partial charge >= 0.3 is 0 Å². The number of nitrogens with zero attached hydrogens (tertiary/aromatic N) is 2. The number of hydrogen-bond acceptors (Lipinski definition) is 5. The molecule has 7 heteroatoms. The van der Waals surface area contributed by atoms with Gasteiger partial charge in [0.2, 0.25) is 0 Å². The van der Waals surface area contributed by atoms with Crippen LogP contribution < -0.4 is 5.32 Å². The Morgan fingerprint density at radius 3 is 3.05 bits per heavy atom. The van der Waals surface area contributed by atoms with E-state index in [4.69, 9.17) is 4.42 Å². The van der Waals surface area contributed by atoms with Gasteiger partial charge in [0.1, 0.15) is 11.3 Å². The molecule has 1 aliphatic heterocycles. The summed E-state index contributed by atoms with van der Waals surface area (Å²) < 4.78 is 5.09. The predicted molar refractivity (Wildman–Crippen MR) is 87.1 cm³/mol. The van der Waals surface area contributed by atoms with Gasteiger partial charge in [0.05, 0.1) is 12.0 Å². The lowest BCUT2D eigenvalue weighted by Crippen LogP contribution is -2.49. The zero-order valence-electron chi connectivity index (χ0n) is 11.2. The molecule has 0 saturated carbocycles. The van der Waals surface area contributed by atoms with Crippen molar-refractivity contribution in [1.29, 1.82) is 0 Å². The molecule has 1 N–H and O–H groups in total. The fourth-order valence-corrected chi connectivity index (χ4v) is 3.02. The Kier molecular flexibility index (Phi) is 6.99. The Morgan fingerprint density at radius 1 is 1.50 bits per heavy atom. The quantitative estimate of drug-likeness (QED) is 0.935. The maximum atomic E-state index is 5.09. The molecule has 0 bridgehead atoms. The van der Waals surface area contributed by atoms with Crippen molar-refractivity contribution in [1.82, 2.24) is 15.2 Å². The molecule has 20 heavy (non-hydrogen) atoms. The Labute approximate surface area is 135 Å². The molecule has 1 atom stereocenters. The minimum Gasteiger partial charge on any atom is -0.472 e. The predicted octanol–water partition coefficient (Wildman–Crippen LogP) is 3.04. The van der Waals surface area contributed by atoms with Crippen LogP contribution in [0.15, 0.2) is 28.4 Å². The molecule has 1 saturated heterocycles. The average molecular weight is 336 g/mol. The SMILES string of the molecule is C[C@H]1CNCCN1Cc1csc(-c2ccoc2)n1.Cl.Cl. The molecule has 3 heterocycles. The molecular formula is C13H19Cl2N3OS. The summed E-state index contributed by atoms with van der Waals surface area (Å²) in [6.07, 6.45) is 3.44. The molecule has 0 amide bonds. The van der Waals surface area contributed by atoms with Gasteiger partial charge in [-0.25, -0.2) is 4.98 Å². The van der Waals surface area contributed by atoms with E-state index in [1.807, 2.05) is 6.07 Å². The van der Waals surface area contributed by atoms with E-state index >= 15 is 0 Å². The number of thiazole rings is 1. The molecular weight excluding hydrogens is 317 g/mol. The summed E-state index contributed by atoms with van der Waals surface area (Å²) in [5.74, 6) is 0. The maximum absolute atomic E-state index is 5.09. The molecule has 3 rings (SSSR count). The van der Waals surface area contributed by atoms with Crippen molar-refractivity contribution in [3.8, 4) is 10.6 Å². The van der Waals surface area contributed by atoms with E-state index in [2.05, 4.69) is 27.5 Å². The summed E-state index contributed by atoms with van der Waals surface area (Å²) in [6.45, 7) is 6.44. The van der Waals surface area contributed by atoms with Crippen LogP contribution in [0.5, 0.6) is 0 Å². The third-order valence-corrected chi connectivity index (χ3v) is 4.26. The molecule has 0 radical (unpaired) electrons. The second-order valence-electron chi connectivity index (χ2n) is 4.68. The third kappa shape index (κ3) is 3.96. The smallest absolute Gasteiger partial charge is 0.126 e. The molecule has 0 spiro atoms. The second-order valence-corrected chi connectivity index (χ2v) is 5.54. The zero-order chi connectivity index (χ0) is 12.4. The molecule has 2 aromatic rings. The first-order chi connectivity index (χ1) is 8.83. The Balaban J connectivity index is 0.000001000. The Hall–Kier alpha value is -0.590. The van der Waals surface area contributed by atoms with Gasteiger partial charge in [0, 0.05) is 43.2 Å². The molecule has 0 aliphatic carbocycles. The largest absolute Gasteiger partial charge is 0.472 e. The molecule has 2 aromatic heterocycles. The first kappa shape index (κ1) is 17.5. The summed E-state index contributed by atoms with van der Waals surface area (Å²) in [7, 11) is 0. The van der Waals surface area contributed by atoms with Gasteiger partial charge in [-0.2, -0.15) is 0 Å². The highest BCUT2D eigenvalue weighted by atomic mass is 35.5. The number of piperazine rings is 1. The summed E-state index contributed by atoms with van der Waals surface area (Å²) >= 11 is 1.68. The van der Waals surface area contributed by atoms with Crippen LogP contribution in [0.3, 0.4) is 0 Å². The number of furan rings is 1. The van der Waals surface area contributed by atoms with Crippen molar-refractivity contribution < 1.29 is 4.42 Å². The Bertz CT molecular complexity index is 503. The standard InChI is InChI=1S/C13H17N3OS.2ClH/c1-10-6-14-3-4-16(10)7-12-9-18-13(15-12)11-2-5-17-8-11;;/h2,5,8-10,14H,3-4,6-7H2,1H3;2*1H/t10-;;/m0../s1. The molecule has 1 fully saturated rings. The zero-order valence-corrected chi connectivity index (χ0v) is 13.7. The number of nitrogens with one attached hydrogen (secondary N) is 1. The lowest BCUT2D eigenvalue weighted by molar-refractivity contribution is 0.164. The van der Waals surface area contributed by atoms with Crippen LogP contribution >= 0.6 is 36.2 Å². The number of aromatic nitrogens is 1. The van der Waals surface area contributed by atoms with Crippen molar-refractivity contribution in [3.05, 3.63) is 29.7 Å². The monoisotopic (exact) mass is 335 g/mol. The lowest BCUT2D eigenvalue weighted by atomic mass is 10.2. The fourth-order valence-electron chi connectivity index (χ4n) is 2.22. The molecule has 0 aromatic carbocycles. The van der Waals surface area contributed by atoms with E-state index in [1.165, 1.54) is 0 Å². The summed E-state index contributed by atoms with van der Waals surface area (Å²) in [5.41, 5.74) is 2.23. The van der Waals surface area contributed by atoms with Gasteiger partial charge in [-0.05, 0) is 13.0 Å². The average Bonchev–Trinajstić information content (AvgIpc) is 3.02. The van der Waals surface area contributed by atoms with Gasteiger partial charge < -0.3 is 9.73 Å². The summed E-state index contributed by atoms with van der Waals surface area (Å²) in [5, 5.41) is 6.60.